The van der Waals surface area contributed by atoms with Crippen LogP contribution < -0.4 is 16.0 Å². The summed E-state index contributed by atoms with van der Waals surface area (Å²) in [6.45, 7) is 3.69. The molecular formula is C22H28FIN4O. The number of anilines is 1. The highest BCUT2D eigenvalue weighted by atomic mass is 127. The number of halogens is 2. The van der Waals surface area contributed by atoms with Gasteiger partial charge in [-0.3, -0.25) is 4.79 Å². The number of guanidine groups is 1. The Morgan fingerprint density at radius 2 is 1.86 bits per heavy atom. The predicted octanol–water partition coefficient (Wildman–Crippen LogP) is 4.44. The molecule has 2 aromatic rings. The third kappa shape index (κ3) is 7.30. The van der Waals surface area contributed by atoms with Gasteiger partial charge in [0.25, 0.3) is 0 Å². The molecule has 5 nitrogen and oxygen atoms in total. The molecule has 0 saturated heterocycles. The van der Waals surface area contributed by atoms with E-state index in [4.69, 9.17) is 0 Å². The second-order valence-corrected chi connectivity index (χ2v) is 7.00. The number of nitrogens with zero attached hydrogens (tertiary/aromatic N) is 1. The van der Waals surface area contributed by atoms with Gasteiger partial charge in [-0.15, -0.1) is 24.0 Å². The monoisotopic (exact) mass is 510 g/mol. The first-order valence-electron chi connectivity index (χ1n) is 9.80. The molecule has 1 fully saturated rings. The molecule has 1 saturated carbocycles. The Bertz CT molecular complexity index is 839. The molecule has 3 rings (SSSR count). The van der Waals surface area contributed by atoms with Crippen LogP contribution in [0.25, 0.3) is 0 Å². The lowest BCUT2D eigenvalue weighted by molar-refractivity contribution is -0.122. The number of amides is 1. The lowest BCUT2D eigenvalue weighted by Gasteiger charge is -2.24. The number of carbonyl (C=O) groups excluding carboxylic acids is 1. The summed E-state index contributed by atoms with van der Waals surface area (Å²) in [6.07, 6.45) is 3.12. The molecule has 1 amide bonds. The number of hydrogen-bond acceptors (Lipinski definition) is 2. The van der Waals surface area contributed by atoms with Crippen LogP contribution in [0.15, 0.2) is 53.5 Å². The zero-order chi connectivity index (χ0) is 19.8. The molecule has 156 valence electrons. The first kappa shape index (κ1) is 23.1. The van der Waals surface area contributed by atoms with Crippen LogP contribution in [-0.2, 0) is 17.9 Å². The Hall–Kier alpha value is -2.16. The third-order valence-corrected chi connectivity index (χ3v) is 4.78. The molecule has 0 spiro atoms. The fraction of sp³-hybridized carbons (Fsp3) is 0.364. The van der Waals surface area contributed by atoms with E-state index in [9.17, 15) is 9.18 Å². The summed E-state index contributed by atoms with van der Waals surface area (Å²) in [5.41, 5.74) is 2.68. The fourth-order valence-corrected chi connectivity index (χ4v) is 3.01. The topological polar surface area (TPSA) is 65.5 Å². The summed E-state index contributed by atoms with van der Waals surface area (Å²) in [5.74, 6) is 0.681. The van der Waals surface area contributed by atoms with Gasteiger partial charge in [-0.2, -0.15) is 0 Å². The minimum Gasteiger partial charge on any atom is -0.357 e. The Labute approximate surface area is 188 Å². The van der Waals surface area contributed by atoms with Crippen molar-refractivity contribution >= 4 is 41.5 Å². The maximum atomic E-state index is 13.3. The van der Waals surface area contributed by atoms with Crippen molar-refractivity contribution < 1.29 is 9.18 Å². The van der Waals surface area contributed by atoms with Gasteiger partial charge in [0.1, 0.15) is 5.82 Å². The summed E-state index contributed by atoms with van der Waals surface area (Å²) >= 11 is 0. The van der Waals surface area contributed by atoms with E-state index in [1.165, 1.54) is 12.1 Å². The van der Waals surface area contributed by atoms with Crippen LogP contribution in [0, 0.1) is 11.7 Å². The fourth-order valence-electron chi connectivity index (χ4n) is 3.01. The van der Waals surface area contributed by atoms with E-state index in [0.29, 0.717) is 19.0 Å². The number of hydrogen-bond donors (Lipinski definition) is 3. The predicted molar refractivity (Wildman–Crippen MR) is 126 cm³/mol. The maximum Gasteiger partial charge on any atom is 0.227 e. The van der Waals surface area contributed by atoms with Crippen molar-refractivity contribution in [3.63, 3.8) is 0 Å². The molecule has 1 aliphatic carbocycles. The number of rotatable bonds is 7. The van der Waals surface area contributed by atoms with E-state index in [-0.39, 0.29) is 41.6 Å². The Balaban J connectivity index is 0.00000300. The van der Waals surface area contributed by atoms with Crippen molar-refractivity contribution in [1.29, 1.82) is 0 Å². The van der Waals surface area contributed by atoms with Gasteiger partial charge in [0.05, 0.1) is 6.54 Å². The van der Waals surface area contributed by atoms with Crippen LogP contribution in [-0.4, -0.2) is 18.4 Å². The number of carbonyl (C=O) groups is 1. The molecule has 7 heteroatoms. The largest absolute Gasteiger partial charge is 0.357 e. The number of benzene rings is 2. The Kier molecular flexibility index (Phi) is 9.37. The molecule has 0 radical (unpaired) electrons. The average molecular weight is 510 g/mol. The van der Waals surface area contributed by atoms with Crippen LogP contribution in [0.1, 0.15) is 37.3 Å². The molecule has 1 aliphatic rings. The van der Waals surface area contributed by atoms with Gasteiger partial charge in [0.2, 0.25) is 5.91 Å². The Morgan fingerprint density at radius 1 is 1.10 bits per heavy atom. The average Bonchev–Trinajstić information content (AvgIpc) is 2.63. The van der Waals surface area contributed by atoms with Crippen molar-refractivity contribution in [3.8, 4) is 0 Å². The highest BCUT2D eigenvalue weighted by molar-refractivity contribution is 14.0. The van der Waals surface area contributed by atoms with Gasteiger partial charge in [-0.05, 0) is 55.2 Å². The van der Waals surface area contributed by atoms with E-state index >= 15 is 0 Å². The molecule has 0 atom stereocenters. The zero-order valence-corrected chi connectivity index (χ0v) is 18.9. The third-order valence-electron chi connectivity index (χ3n) is 4.78. The highest BCUT2D eigenvalue weighted by Gasteiger charge is 2.25. The van der Waals surface area contributed by atoms with Crippen molar-refractivity contribution in [2.75, 3.05) is 11.9 Å². The van der Waals surface area contributed by atoms with Crippen LogP contribution in [0.5, 0.6) is 0 Å². The summed E-state index contributed by atoms with van der Waals surface area (Å²) in [4.78, 5) is 16.6. The second kappa shape index (κ2) is 11.7. The van der Waals surface area contributed by atoms with E-state index < -0.39 is 0 Å². The van der Waals surface area contributed by atoms with Crippen molar-refractivity contribution in [3.05, 3.63) is 65.5 Å². The lowest BCUT2D eigenvalue weighted by atomic mass is 9.85. The standard InChI is InChI=1S/C22H27FN4O.HI/c1-2-24-22(25-14-16-6-3-10-19(23)12-16)26-15-17-7-4-11-20(13-17)27-21(28)18-8-5-9-18;/h3-4,6-7,10-13,18H,2,5,8-9,14-15H2,1H3,(H,27,28)(H2,24,25,26);1H. The quantitative estimate of drug-likeness (QED) is 0.293. The van der Waals surface area contributed by atoms with E-state index in [0.717, 1.165) is 42.6 Å². The number of aliphatic imine (C=N–C) groups is 1. The molecule has 0 aliphatic heterocycles. The van der Waals surface area contributed by atoms with Crippen LogP contribution in [0.2, 0.25) is 0 Å². The van der Waals surface area contributed by atoms with Crippen LogP contribution >= 0.6 is 24.0 Å². The summed E-state index contributed by atoms with van der Waals surface area (Å²) in [7, 11) is 0. The van der Waals surface area contributed by atoms with Gasteiger partial charge >= 0.3 is 0 Å². The van der Waals surface area contributed by atoms with Crippen molar-refractivity contribution in [1.82, 2.24) is 10.6 Å². The smallest absolute Gasteiger partial charge is 0.227 e. The summed E-state index contributed by atoms with van der Waals surface area (Å²) < 4.78 is 13.3. The Morgan fingerprint density at radius 3 is 2.55 bits per heavy atom. The number of nitrogens with one attached hydrogen (secondary N) is 3. The molecule has 29 heavy (non-hydrogen) atoms. The first-order valence-corrected chi connectivity index (χ1v) is 9.80. The SMILES string of the molecule is CCNC(=NCc1cccc(F)c1)NCc1cccc(NC(=O)C2CCC2)c1.I. The summed E-state index contributed by atoms with van der Waals surface area (Å²) in [6, 6.07) is 14.3. The molecule has 0 bridgehead atoms. The lowest BCUT2D eigenvalue weighted by Crippen LogP contribution is -2.36. The van der Waals surface area contributed by atoms with Crippen molar-refractivity contribution in [2.24, 2.45) is 10.9 Å². The van der Waals surface area contributed by atoms with E-state index in [1.54, 1.807) is 6.07 Å². The van der Waals surface area contributed by atoms with Gasteiger partial charge in [-0.1, -0.05) is 30.7 Å². The normalized spacial score (nSPS) is 13.8. The van der Waals surface area contributed by atoms with E-state index in [1.807, 2.05) is 37.3 Å². The molecule has 0 unspecified atom stereocenters. The van der Waals surface area contributed by atoms with Crippen LogP contribution in [0.3, 0.4) is 0 Å². The molecule has 0 heterocycles. The van der Waals surface area contributed by atoms with Gasteiger partial charge < -0.3 is 16.0 Å². The second-order valence-electron chi connectivity index (χ2n) is 7.00. The minimum absolute atomic E-state index is 0. The van der Waals surface area contributed by atoms with Gasteiger partial charge in [0.15, 0.2) is 5.96 Å². The van der Waals surface area contributed by atoms with Gasteiger partial charge in [-0.25, -0.2) is 9.38 Å². The van der Waals surface area contributed by atoms with Crippen LogP contribution in [0.4, 0.5) is 10.1 Å². The molecular weight excluding hydrogens is 482 g/mol. The molecule has 0 aromatic heterocycles. The van der Waals surface area contributed by atoms with Gasteiger partial charge in [0, 0.05) is 24.7 Å². The van der Waals surface area contributed by atoms with E-state index in [2.05, 4.69) is 20.9 Å². The minimum atomic E-state index is -0.258. The summed E-state index contributed by atoms with van der Waals surface area (Å²) in [5, 5.41) is 9.47. The zero-order valence-electron chi connectivity index (χ0n) is 16.6. The maximum absolute atomic E-state index is 13.3. The molecule has 2 aromatic carbocycles. The molecule has 3 N–H and O–H groups in total. The first-order chi connectivity index (χ1) is 13.6. The highest BCUT2D eigenvalue weighted by Crippen LogP contribution is 2.27. The van der Waals surface area contributed by atoms with Crippen molar-refractivity contribution in [2.45, 2.75) is 39.3 Å².